The zero-order chi connectivity index (χ0) is 9.84. The van der Waals surface area contributed by atoms with Crippen molar-refractivity contribution in [1.29, 1.82) is 0 Å². The van der Waals surface area contributed by atoms with Gasteiger partial charge in [0.05, 0.1) is 0 Å². The smallest absolute Gasteiger partial charge is 0.136 e. The van der Waals surface area contributed by atoms with Crippen LogP contribution in [0.5, 0.6) is 0 Å². The maximum absolute atomic E-state index is 11.2. The molecular weight excluding hydrogens is 296 g/mol. The summed E-state index contributed by atoms with van der Waals surface area (Å²) in [5, 5.41) is 0. The molecule has 0 spiro atoms. The monoisotopic (exact) mass is 304 g/mol. The van der Waals surface area contributed by atoms with E-state index in [0.717, 1.165) is 14.5 Å². The molecule has 0 unspecified atom stereocenters. The molecule has 0 aliphatic heterocycles. The van der Waals surface area contributed by atoms with Gasteiger partial charge in [0.2, 0.25) is 0 Å². The van der Waals surface area contributed by atoms with Crippen molar-refractivity contribution in [3.63, 3.8) is 0 Å². The van der Waals surface area contributed by atoms with Crippen molar-refractivity contribution in [2.75, 3.05) is 0 Å². The summed E-state index contributed by atoms with van der Waals surface area (Å²) in [5.41, 5.74) is 1.05. The van der Waals surface area contributed by atoms with Crippen LogP contribution in [-0.2, 0) is 11.2 Å². The maximum Gasteiger partial charge on any atom is 0.136 e. The quantitative estimate of drug-likeness (QED) is 0.831. The van der Waals surface area contributed by atoms with E-state index in [2.05, 4.69) is 31.9 Å². The molecule has 0 radical (unpaired) electrons. The Bertz CT molecular complexity index is 300. The molecule has 1 rings (SSSR count). The van der Waals surface area contributed by atoms with Gasteiger partial charge in [-0.25, -0.2) is 0 Å². The zero-order valence-corrected chi connectivity index (χ0v) is 10.5. The molecular formula is C10H10Br2O. The normalized spacial score (nSPS) is 10.1. The van der Waals surface area contributed by atoms with Gasteiger partial charge < -0.3 is 0 Å². The van der Waals surface area contributed by atoms with Crippen LogP contribution in [0, 0.1) is 0 Å². The first-order valence-electron chi connectivity index (χ1n) is 4.08. The number of hydrogen-bond acceptors (Lipinski definition) is 1. The largest absolute Gasteiger partial charge is 0.299 e. The molecule has 1 aromatic rings. The van der Waals surface area contributed by atoms with E-state index in [-0.39, 0.29) is 5.78 Å². The fraction of sp³-hybridized carbons (Fsp3) is 0.300. The van der Waals surface area contributed by atoms with E-state index in [1.54, 1.807) is 0 Å². The first-order valence-corrected chi connectivity index (χ1v) is 5.67. The predicted molar refractivity (Wildman–Crippen MR) is 60.8 cm³/mol. The predicted octanol–water partition coefficient (Wildman–Crippen LogP) is 3.73. The summed E-state index contributed by atoms with van der Waals surface area (Å²) in [4.78, 5) is 11.2. The average molecular weight is 306 g/mol. The second kappa shape index (κ2) is 4.91. The zero-order valence-electron chi connectivity index (χ0n) is 7.31. The van der Waals surface area contributed by atoms with Gasteiger partial charge in [0.25, 0.3) is 0 Å². The second-order valence-corrected chi connectivity index (χ2v) is 4.68. The molecule has 0 aliphatic rings. The van der Waals surface area contributed by atoms with Gasteiger partial charge in [-0.3, -0.25) is 4.79 Å². The summed E-state index contributed by atoms with van der Waals surface area (Å²) >= 11 is 6.77. The molecule has 0 atom stereocenters. The van der Waals surface area contributed by atoms with E-state index in [4.69, 9.17) is 0 Å². The minimum atomic E-state index is 0.269. The maximum atomic E-state index is 11.2. The van der Waals surface area contributed by atoms with Gasteiger partial charge in [0.1, 0.15) is 5.78 Å². The van der Waals surface area contributed by atoms with Crippen LogP contribution in [-0.4, -0.2) is 5.78 Å². The van der Waals surface area contributed by atoms with E-state index in [1.807, 2.05) is 25.1 Å². The Morgan fingerprint density at radius 2 is 1.77 bits per heavy atom. The minimum absolute atomic E-state index is 0.269. The molecule has 1 aromatic carbocycles. The Morgan fingerprint density at radius 3 is 2.23 bits per heavy atom. The third kappa shape index (κ3) is 3.61. The van der Waals surface area contributed by atoms with Gasteiger partial charge in [-0.2, -0.15) is 0 Å². The van der Waals surface area contributed by atoms with Crippen LogP contribution in [0.2, 0.25) is 0 Å². The molecule has 0 bridgehead atoms. The van der Waals surface area contributed by atoms with Gasteiger partial charge in [-0.1, -0.05) is 38.8 Å². The summed E-state index contributed by atoms with van der Waals surface area (Å²) in [5.74, 6) is 0.269. The standard InChI is InChI=1S/C10H10Br2O/c1-2-10(13)5-7-3-8(11)6-9(12)4-7/h3-4,6H,2,5H2,1H3. The summed E-state index contributed by atoms with van der Waals surface area (Å²) in [6.45, 7) is 1.88. The van der Waals surface area contributed by atoms with Crippen molar-refractivity contribution < 1.29 is 4.79 Å². The first-order chi connectivity index (χ1) is 6.11. The van der Waals surface area contributed by atoms with Crippen molar-refractivity contribution in [2.45, 2.75) is 19.8 Å². The topological polar surface area (TPSA) is 17.1 Å². The number of rotatable bonds is 3. The third-order valence-corrected chi connectivity index (χ3v) is 2.63. The van der Waals surface area contributed by atoms with Crippen LogP contribution in [0.15, 0.2) is 27.1 Å². The second-order valence-electron chi connectivity index (χ2n) is 2.85. The number of halogens is 2. The molecule has 0 amide bonds. The molecule has 0 aliphatic carbocycles. The average Bonchev–Trinajstić information content (AvgIpc) is 2.02. The first kappa shape index (κ1) is 10.9. The highest BCUT2D eigenvalue weighted by Gasteiger charge is 2.02. The summed E-state index contributed by atoms with van der Waals surface area (Å²) in [6, 6.07) is 5.90. The van der Waals surface area contributed by atoms with E-state index in [0.29, 0.717) is 12.8 Å². The number of carbonyl (C=O) groups is 1. The molecule has 0 saturated carbocycles. The number of hydrogen-bond donors (Lipinski definition) is 0. The number of Topliss-reactive ketones (excluding diaryl/α,β-unsaturated/α-hetero) is 1. The molecule has 70 valence electrons. The lowest BCUT2D eigenvalue weighted by molar-refractivity contribution is -0.118. The van der Waals surface area contributed by atoms with E-state index < -0.39 is 0 Å². The summed E-state index contributed by atoms with van der Waals surface area (Å²) < 4.78 is 2.00. The fourth-order valence-corrected chi connectivity index (χ4v) is 2.45. The van der Waals surface area contributed by atoms with Crippen LogP contribution >= 0.6 is 31.9 Å². The van der Waals surface area contributed by atoms with Crippen LogP contribution < -0.4 is 0 Å². The molecule has 0 N–H and O–H groups in total. The summed E-state index contributed by atoms with van der Waals surface area (Å²) in [6.07, 6.45) is 1.12. The van der Waals surface area contributed by atoms with Crippen LogP contribution in [0.4, 0.5) is 0 Å². The Labute approximate surface area is 94.8 Å². The Kier molecular flexibility index (Phi) is 4.13. The van der Waals surface area contributed by atoms with E-state index in [1.165, 1.54) is 0 Å². The number of carbonyl (C=O) groups excluding carboxylic acids is 1. The fourth-order valence-electron chi connectivity index (χ4n) is 1.07. The minimum Gasteiger partial charge on any atom is -0.299 e. The van der Waals surface area contributed by atoms with Crippen LogP contribution in [0.1, 0.15) is 18.9 Å². The number of benzene rings is 1. The highest BCUT2D eigenvalue weighted by molar-refractivity contribution is 9.11. The molecule has 0 aromatic heterocycles. The Balaban J connectivity index is 2.83. The van der Waals surface area contributed by atoms with E-state index in [9.17, 15) is 4.79 Å². The van der Waals surface area contributed by atoms with Crippen molar-refractivity contribution in [3.05, 3.63) is 32.7 Å². The molecule has 13 heavy (non-hydrogen) atoms. The van der Waals surface area contributed by atoms with Gasteiger partial charge >= 0.3 is 0 Å². The molecule has 3 heteroatoms. The van der Waals surface area contributed by atoms with Crippen molar-refractivity contribution in [2.24, 2.45) is 0 Å². The third-order valence-electron chi connectivity index (χ3n) is 1.72. The van der Waals surface area contributed by atoms with E-state index >= 15 is 0 Å². The van der Waals surface area contributed by atoms with Gasteiger partial charge in [0.15, 0.2) is 0 Å². The lowest BCUT2D eigenvalue weighted by atomic mass is 10.1. The Hall–Kier alpha value is -0.150. The number of ketones is 1. The highest BCUT2D eigenvalue weighted by Crippen LogP contribution is 2.20. The summed E-state index contributed by atoms with van der Waals surface area (Å²) in [7, 11) is 0. The van der Waals surface area contributed by atoms with Crippen LogP contribution in [0.25, 0.3) is 0 Å². The SMILES string of the molecule is CCC(=O)Cc1cc(Br)cc(Br)c1. The van der Waals surface area contributed by atoms with Gasteiger partial charge in [-0.15, -0.1) is 0 Å². The van der Waals surface area contributed by atoms with Crippen molar-refractivity contribution in [1.82, 2.24) is 0 Å². The van der Waals surface area contributed by atoms with Gasteiger partial charge in [-0.05, 0) is 23.8 Å². The molecule has 0 fully saturated rings. The van der Waals surface area contributed by atoms with Crippen molar-refractivity contribution >= 4 is 37.6 Å². The lowest BCUT2D eigenvalue weighted by Gasteiger charge is -2.01. The molecule has 1 nitrogen and oxygen atoms in total. The Morgan fingerprint density at radius 1 is 1.23 bits per heavy atom. The molecule has 0 heterocycles. The lowest BCUT2D eigenvalue weighted by Crippen LogP contribution is -2.00. The highest BCUT2D eigenvalue weighted by atomic mass is 79.9. The molecule has 0 saturated heterocycles. The van der Waals surface area contributed by atoms with Crippen LogP contribution in [0.3, 0.4) is 0 Å². The van der Waals surface area contributed by atoms with Crippen molar-refractivity contribution in [3.8, 4) is 0 Å². The van der Waals surface area contributed by atoms with Gasteiger partial charge in [0, 0.05) is 21.8 Å².